The number of furan rings is 1. The van der Waals surface area contributed by atoms with E-state index < -0.39 is 17.8 Å². The van der Waals surface area contributed by atoms with Crippen LogP contribution in [-0.2, 0) is 22.7 Å². The Bertz CT molecular complexity index is 1490. The van der Waals surface area contributed by atoms with Gasteiger partial charge in [-0.3, -0.25) is 19.8 Å². The Kier molecular flexibility index (Phi) is 6.64. The number of nitrogens with zero attached hydrogens (tertiary/aromatic N) is 2. The molecule has 0 spiro atoms. The molecular weight excluding hydrogens is 470 g/mol. The highest BCUT2D eigenvalue weighted by Crippen LogP contribution is 2.26. The van der Waals surface area contributed by atoms with Crippen molar-refractivity contribution in [2.45, 2.75) is 33.4 Å². The molecule has 4 aromatic rings. The summed E-state index contributed by atoms with van der Waals surface area (Å²) in [7, 11) is 0. The standard InChI is InChI=1S/C29H27N3O5/c1-19-13-20(2)15-23(14-19)37-12-6-10-31-17-21(24-8-3-4-9-26(24)31)16-25-27(33)30-29(35)32(28(25)34)18-22-7-5-11-36-22/h3-5,7-9,11,13-17H,6,10,12,18H2,1-2H3,(H,30,33,35). The largest absolute Gasteiger partial charge is 0.494 e. The van der Waals surface area contributed by atoms with Gasteiger partial charge in [-0.2, -0.15) is 0 Å². The number of carbonyl (C=O) groups excluding carboxylic acids is 3. The van der Waals surface area contributed by atoms with Crippen molar-refractivity contribution in [1.82, 2.24) is 14.8 Å². The van der Waals surface area contributed by atoms with E-state index in [-0.39, 0.29) is 12.1 Å². The Morgan fingerprint density at radius 1 is 1.00 bits per heavy atom. The number of hydrogen-bond acceptors (Lipinski definition) is 5. The van der Waals surface area contributed by atoms with E-state index in [2.05, 4.69) is 16.0 Å². The molecular formula is C29H27N3O5. The van der Waals surface area contributed by atoms with Crippen molar-refractivity contribution in [3.63, 3.8) is 0 Å². The Morgan fingerprint density at radius 2 is 1.78 bits per heavy atom. The molecule has 2 aromatic carbocycles. The minimum atomic E-state index is -0.769. The molecule has 1 aliphatic rings. The predicted molar refractivity (Wildman–Crippen MR) is 139 cm³/mol. The summed E-state index contributed by atoms with van der Waals surface area (Å²) >= 11 is 0. The van der Waals surface area contributed by atoms with E-state index in [9.17, 15) is 14.4 Å². The quantitative estimate of drug-likeness (QED) is 0.210. The molecule has 0 bridgehead atoms. The van der Waals surface area contributed by atoms with Crippen molar-refractivity contribution < 1.29 is 23.5 Å². The van der Waals surface area contributed by atoms with E-state index >= 15 is 0 Å². The molecule has 188 valence electrons. The van der Waals surface area contributed by atoms with Gasteiger partial charge in [0.2, 0.25) is 0 Å². The van der Waals surface area contributed by atoms with Gasteiger partial charge in [0.15, 0.2) is 0 Å². The molecule has 2 aromatic heterocycles. The fraction of sp³-hybridized carbons (Fsp3) is 0.207. The van der Waals surface area contributed by atoms with Crippen LogP contribution in [0.1, 0.15) is 28.9 Å². The first-order chi connectivity index (χ1) is 17.9. The second kappa shape index (κ2) is 10.2. The van der Waals surface area contributed by atoms with Crippen molar-refractivity contribution in [2.75, 3.05) is 6.61 Å². The number of carbonyl (C=O) groups is 3. The van der Waals surface area contributed by atoms with Crippen molar-refractivity contribution in [3.05, 3.63) is 95.1 Å². The third-order valence-electron chi connectivity index (χ3n) is 6.21. The van der Waals surface area contributed by atoms with Gasteiger partial charge in [0.05, 0.1) is 19.4 Å². The van der Waals surface area contributed by atoms with E-state index in [1.807, 2.05) is 56.4 Å². The molecule has 0 atom stereocenters. The van der Waals surface area contributed by atoms with Crippen LogP contribution in [0.5, 0.6) is 5.75 Å². The molecule has 5 rings (SSSR count). The van der Waals surface area contributed by atoms with Gasteiger partial charge in [-0.15, -0.1) is 0 Å². The number of ether oxygens (including phenoxy) is 1. The average Bonchev–Trinajstić information content (AvgIpc) is 3.50. The number of barbiturate groups is 1. The van der Waals surface area contributed by atoms with Crippen LogP contribution in [0, 0.1) is 13.8 Å². The highest BCUT2D eigenvalue weighted by Gasteiger charge is 2.36. The van der Waals surface area contributed by atoms with Crippen LogP contribution in [0.25, 0.3) is 17.0 Å². The van der Waals surface area contributed by atoms with E-state index in [1.54, 1.807) is 18.2 Å². The number of amides is 4. The zero-order valence-electron chi connectivity index (χ0n) is 20.7. The summed E-state index contributed by atoms with van der Waals surface area (Å²) in [6.07, 6.45) is 5.70. The van der Waals surface area contributed by atoms with E-state index in [0.29, 0.717) is 18.9 Å². The number of fused-ring (bicyclic) bond motifs is 1. The minimum absolute atomic E-state index is 0.0650. The van der Waals surface area contributed by atoms with Crippen LogP contribution in [-0.4, -0.2) is 33.9 Å². The van der Waals surface area contributed by atoms with Gasteiger partial charge in [0, 0.05) is 29.2 Å². The van der Waals surface area contributed by atoms with E-state index in [4.69, 9.17) is 9.15 Å². The number of aromatic nitrogens is 1. The third-order valence-corrected chi connectivity index (χ3v) is 6.21. The van der Waals surface area contributed by atoms with Crippen LogP contribution in [0.2, 0.25) is 0 Å². The van der Waals surface area contributed by atoms with Crippen LogP contribution in [0.15, 0.2) is 77.0 Å². The van der Waals surface area contributed by atoms with E-state index in [1.165, 1.54) is 6.26 Å². The molecule has 1 fully saturated rings. The number of imide groups is 2. The smallest absolute Gasteiger partial charge is 0.331 e. The molecule has 37 heavy (non-hydrogen) atoms. The first-order valence-electron chi connectivity index (χ1n) is 12.1. The summed E-state index contributed by atoms with van der Waals surface area (Å²) in [5.74, 6) is -0.0826. The van der Waals surface area contributed by atoms with Crippen LogP contribution >= 0.6 is 0 Å². The molecule has 0 aliphatic carbocycles. The van der Waals surface area contributed by atoms with Crippen molar-refractivity contribution in [1.29, 1.82) is 0 Å². The fourth-order valence-electron chi connectivity index (χ4n) is 4.57. The predicted octanol–water partition coefficient (Wildman–Crippen LogP) is 4.98. The molecule has 8 heteroatoms. The lowest BCUT2D eigenvalue weighted by Gasteiger charge is -2.25. The summed E-state index contributed by atoms with van der Waals surface area (Å²) in [4.78, 5) is 39.0. The average molecular weight is 498 g/mol. The zero-order chi connectivity index (χ0) is 25.9. The molecule has 1 saturated heterocycles. The van der Waals surface area contributed by atoms with Crippen molar-refractivity contribution in [2.24, 2.45) is 0 Å². The Balaban J connectivity index is 1.36. The molecule has 3 heterocycles. The SMILES string of the molecule is Cc1cc(C)cc(OCCCn2cc(C=C3C(=O)NC(=O)N(Cc4ccco4)C3=O)c3ccccc32)c1. The van der Waals surface area contributed by atoms with Gasteiger partial charge >= 0.3 is 6.03 Å². The van der Waals surface area contributed by atoms with Crippen LogP contribution < -0.4 is 10.1 Å². The molecule has 1 aliphatic heterocycles. The van der Waals surface area contributed by atoms with Gasteiger partial charge in [0.1, 0.15) is 17.1 Å². The Labute approximate surface area is 214 Å². The summed E-state index contributed by atoms with van der Waals surface area (Å²) in [6, 6.07) is 16.5. The molecule has 0 radical (unpaired) electrons. The molecule has 8 nitrogen and oxygen atoms in total. The summed E-state index contributed by atoms with van der Waals surface area (Å²) in [5.41, 5.74) is 3.92. The fourth-order valence-corrected chi connectivity index (χ4v) is 4.57. The number of nitrogens with one attached hydrogen (secondary N) is 1. The summed E-state index contributed by atoms with van der Waals surface area (Å²) in [5, 5.41) is 3.16. The molecule has 0 saturated carbocycles. The topological polar surface area (TPSA) is 93.8 Å². The number of benzene rings is 2. The number of para-hydroxylation sites is 1. The van der Waals surface area contributed by atoms with Crippen molar-refractivity contribution in [3.8, 4) is 5.75 Å². The number of rotatable bonds is 8. The second-order valence-corrected chi connectivity index (χ2v) is 9.11. The summed E-state index contributed by atoms with van der Waals surface area (Å²) < 4.78 is 13.3. The molecule has 1 N–H and O–H groups in total. The highest BCUT2D eigenvalue weighted by atomic mass is 16.5. The third kappa shape index (κ3) is 5.18. The molecule has 4 amide bonds. The van der Waals surface area contributed by atoms with Gasteiger partial charge < -0.3 is 13.7 Å². The first kappa shape index (κ1) is 24.1. The minimum Gasteiger partial charge on any atom is -0.494 e. The van der Waals surface area contributed by atoms with Gasteiger partial charge in [0.25, 0.3) is 11.8 Å². The second-order valence-electron chi connectivity index (χ2n) is 9.11. The van der Waals surface area contributed by atoms with Crippen molar-refractivity contribution >= 4 is 34.8 Å². The normalized spacial score (nSPS) is 15.0. The lowest BCUT2D eigenvalue weighted by molar-refractivity contribution is -0.130. The first-order valence-corrected chi connectivity index (χ1v) is 12.1. The van der Waals surface area contributed by atoms with Gasteiger partial charge in [-0.25, -0.2) is 4.79 Å². The van der Waals surface area contributed by atoms with Gasteiger partial charge in [-0.05, 0) is 67.8 Å². The van der Waals surface area contributed by atoms with Crippen LogP contribution in [0.4, 0.5) is 4.79 Å². The summed E-state index contributed by atoms with van der Waals surface area (Å²) in [6.45, 7) is 5.27. The highest BCUT2D eigenvalue weighted by molar-refractivity contribution is 6.31. The maximum atomic E-state index is 13.1. The Morgan fingerprint density at radius 3 is 2.54 bits per heavy atom. The lowest BCUT2D eigenvalue weighted by atomic mass is 10.1. The number of aryl methyl sites for hydroxylation is 3. The Hall–Kier alpha value is -4.59. The maximum Gasteiger partial charge on any atom is 0.331 e. The monoisotopic (exact) mass is 497 g/mol. The molecule has 0 unspecified atom stereocenters. The number of hydrogen-bond donors (Lipinski definition) is 1. The maximum absolute atomic E-state index is 13.1. The zero-order valence-corrected chi connectivity index (χ0v) is 20.7. The van der Waals surface area contributed by atoms with E-state index in [0.717, 1.165) is 44.7 Å². The number of urea groups is 1. The lowest BCUT2D eigenvalue weighted by Crippen LogP contribution is -2.53. The van der Waals surface area contributed by atoms with Gasteiger partial charge in [-0.1, -0.05) is 24.3 Å². The van der Waals surface area contributed by atoms with Crippen LogP contribution in [0.3, 0.4) is 0 Å².